The summed E-state index contributed by atoms with van der Waals surface area (Å²) in [6, 6.07) is 14.8. The number of nitrogens with zero attached hydrogens (tertiary/aromatic N) is 1. The first-order chi connectivity index (χ1) is 18.5. The fourth-order valence-corrected chi connectivity index (χ4v) is 5.70. The number of benzene rings is 3. The molecule has 3 aromatic rings. The molecule has 3 atom stereocenters. The molecule has 0 radical (unpaired) electrons. The average Bonchev–Trinajstić information content (AvgIpc) is 3.11. The standard InChI is InChI=1S/C33H40F2N2O2/c1-6-7-8-23-11-26(16-27(34)12-23)21(4)36-33(39)25-9-10-30-31(15-24-13-28(35)18-29(38)14-24)22(5)37(19-20(2)3)32(30)17-25/h9-14,16-18,20-22,31,38H,6-8,15,19H2,1-5H3,(H,36,39)/t21-,22?,31?/m0/s1. The summed E-state index contributed by atoms with van der Waals surface area (Å²) in [4.78, 5) is 15.7. The molecule has 0 saturated heterocycles. The molecule has 0 fully saturated rings. The van der Waals surface area contributed by atoms with Gasteiger partial charge in [0.2, 0.25) is 0 Å². The van der Waals surface area contributed by atoms with Gasteiger partial charge in [-0.2, -0.15) is 0 Å². The van der Waals surface area contributed by atoms with Crippen molar-refractivity contribution in [3.05, 3.63) is 94.0 Å². The summed E-state index contributed by atoms with van der Waals surface area (Å²) in [5.74, 6) is -0.526. The number of hydrogen-bond donors (Lipinski definition) is 2. The van der Waals surface area contributed by atoms with E-state index in [9.17, 15) is 18.7 Å². The van der Waals surface area contributed by atoms with Gasteiger partial charge in [-0.3, -0.25) is 4.79 Å². The Morgan fingerprint density at radius 2 is 1.72 bits per heavy atom. The molecule has 1 amide bonds. The van der Waals surface area contributed by atoms with Crippen LogP contribution in [0.4, 0.5) is 14.5 Å². The molecular formula is C33H40F2N2O2. The van der Waals surface area contributed by atoms with E-state index in [1.807, 2.05) is 31.2 Å². The summed E-state index contributed by atoms with van der Waals surface area (Å²) in [5.41, 5.74) is 5.11. The van der Waals surface area contributed by atoms with Crippen molar-refractivity contribution in [3.8, 4) is 5.75 Å². The van der Waals surface area contributed by atoms with Crippen molar-refractivity contribution in [3.63, 3.8) is 0 Å². The monoisotopic (exact) mass is 534 g/mol. The second-order valence-corrected chi connectivity index (χ2v) is 11.4. The van der Waals surface area contributed by atoms with Crippen LogP contribution in [-0.2, 0) is 12.8 Å². The lowest BCUT2D eigenvalue weighted by Crippen LogP contribution is -2.35. The maximum Gasteiger partial charge on any atom is 0.251 e. The van der Waals surface area contributed by atoms with Gasteiger partial charge >= 0.3 is 0 Å². The summed E-state index contributed by atoms with van der Waals surface area (Å²) in [7, 11) is 0. The van der Waals surface area contributed by atoms with Gasteiger partial charge in [0.25, 0.3) is 5.91 Å². The van der Waals surface area contributed by atoms with Gasteiger partial charge in [-0.05, 0) is 97.7 Å². The van der Waals surface area contributed by atoms with Crippen LogP contribution >= 0.6 is 0 Å². The van der Waals surface area contributed by atoms with E-state index in [2.05, 4.69) is 37.9 Å². The second-order valence-electron chi connectivity index (χ2n) is 11.4. The lowest BCUT2D eigenvalue weighted by molar-refractivity contribution is 0.0939. The number of aryl methyl sites for hydroxylation is 1. The molecule has 1 aliphatic rings. The minimum absolute atomic E-state index is 0.0770. The van der Waals surface area contributed by atoms with Crippen LogP contribution in [-0.4, -0.2) is 23.6 Å². The number of fused-ring (bicyclic) bond motifs is 1. The minimum atomic E-state index is -0.452. The lowest BCUT2D eigenvalue weighted by atomic mass is 9.88. The molecule has 0 spiro atoms. The van der Waals surface area contributed by atoms with Gasteiger partial charge in [0.05, 0.1) is 6.04 Å². The summed E-state index contributed by atoms with van der Waals surface area (Å²) >= 11 is 0. The number of carbonyl (C=O) groups excluding carboxylic acids is 1. The molecule has 0 aliphatic carbocycles. The van der Waals surface area contributed by atoms with Crippen molar-refractivity contribution in [2.75, 3.05) is 11.4 Å². The van der Waals surface area contributed by atoms with Crippen molar-refractivity contribution in [2.45, 2.75) is 78.3 Å². The van der Waals surface area contributed by atoms with E-state index in [0.717, 1.165) is 59.8 Å². The number of halogens is 2. The highest BCUT2D eigenvalue weighted by molar-refractivity contribution is 5.96. The largest absolute Gasteiger partial charge is 0.508 e. The molecule has 2 N–H and O–H groups in total. The second kappa shape index (κ2) is 12.2. The van der Waals surface area contributed by atoms with Crippen molar-refractivity contribution in [1.82, 2.24) is 5.32 Å². The molecule has 208 valence electrons. The number of phenolic OH excluding ortho intramolecular Hbond substituents is 1. The number of aromatic hydroxyl groups is 1. The molecule has 3 aromatic carbocycles. The Labute approximate surface area is 231 Å². The fourth-order valence-electron chi connectivity index (χ4n) is 5.70. The van der Waals surface area contributed by atoms with Gasteiger partial charge < -0.3 is 15.3 Å². The first kappa shape index (κ1) is 28.6. The normalized spacial score (nSPS) is 17.4. The number of hydrogen-bond acceptors (Lipinski definition) is 3. The maximum atomic E-state index is 14.3. The summed E-state index contributed by atoms with van der Waals surface area (Å²) < 4.78 is 28.3. The topological polar surface area (TPSA) is 52.6 Å². The average molecular weight is 535 g/mol. The highest BCUT2D eigenvalue weighted by Crippen LogP contribution is 2.44. The maximum absolute atomic E-state index is 14.3. The molecule has 1 aliphatic heterocycles. The molecule has 1 heterocycles. The van der Waals surface area contributed by atoms with E-state index in [-0.39, 0.29) is 35.5 Å². The molecule has 4 rings (SSSR count). The summed E-state index contributed by atoms with van der Waals surface area (Å²) in [5, 5.41) is 13.0. The molecule has 0 saturated carbocycles. The molecule has 6 heteroatoms. The Kier molecular flexibility index (Phi) is 8.94. The zero-order chi connectivity index (χ0) is 28.3. The van der Waals surface area contributed by atoms with Crippen LogP contribution in [0.1, 0.15) is 92.0 Å². The number of carbonyl (C=O) groups is 1. The summed E-state index contributed by atoms with van der Waals surface area (Å²) in [6.07, 6.45) is 3.42. The van der Waals surface area contributed by atoms with Crippen molar-refractivity contribution < 1.29 is 18.7 Å². The molecule has 2 unspecified atom stereocenters. The molecule has 39 heavy (non-hydrogen) atoms. The smallest absolute Gasteiger partial charge is 0.251 e. The first-order valence-electron chi connectivity index (χ1n) is 14.0. The van der Waals surface area contributed by atoms with Crippen LogP contribution < -0.4 is 10.2 Å². The van der Waals surface area contributed by atoms with Crippen LogP contribution in [0.5, 0.6) is 5.75 Å². The van der Waals surface area contributed by atoms with Crippen LogP contribution in [0.2, 0.25) is 0 Å². The van der Waals surface area contributed by atoms with E-state index in [1.54, 1.807) is 12.1 Å². The third-order valence-corrected chi connectivity index (χ3v) is 7.68. The molecule has 4 nitrogen and oxygen atoms in total. The molecule has 0 bridgehead atoms. The lowest BCUT2D eigenvalue weighted by Gasteiger charge is -2.29. The molecule has 0 aromatic heterocycles. The van der Waals surface area contributed by atoms with E-state index in [1.165, 1.54) is 12.1 Å². The Hall–Kier alpha value is -3.41. The van der Waals surface area contributed by atoms with E-state index < -0.39 is 5.82 Å². The van der Waals surface area contributed by atoms with Gasteiger partial charge in [0, 0.05) is 35.8 Å². The van der Waals surface area contributed by atoms with E-state index in [0.29, 0.717) is 17.9 Å². The third kappa shape index (κ3) is 6.78. The Morgan fingerprint density at radius 1 is 1.00 bits per heavy atom. The third-order valence-electron chi connectivity index (χ3n) is 7.68. The van der Waals surface area contributed by atoms with Crippen LogP contribution in [0, 0.1) is 17.6 Å². The molecular weight excluding hydrogens is 494 g/mol. The predicted octanol–water partition coefficient (Wildman–Crippen LogP) is 7.69. The Bertz CT molecular complexity index is 1300. The quantitative estimate of drug-likeness (QED) is 0.280. The van der Waals surface area contributed by atoms with Crippen LogP contribution in [0.3, 0.4) is 0 Å². The fraction of sp³-hybridized carbons (Fsp3) is 0.424. The van der Waals surface area contributed by atoms with Crippen molar-refractivity contribution in [2.24, 2.45) is 5.92 Å². The number of nitrogens with one attached hydrogen (secondary N) is 1. The van der Waals surface area contributed by atoms with Gasteiger partial charge in [-0.1, -0.05) is 39.3 Å². The van der Waals surface area contributed by atoms with Gasteiger partial charge in [-0.25, -0.2) is 8.78 Å². The van der Waals surface area contributed by atoms with E-state index in [4.69, 9.17) is 0 Å². The van der Waals surface area contributed by atoms with Crippen LogP contribution in [0.15, 0.2) is 54.6 Å². The van der Waals surface area contributed by atoms with Gasteiger partial charge in [-0.15, -0.1) is 0 Å². The number of unbranched alkanes of at least 4 members (excludes halogenated alkanes) is 1. The van der Waals surface area contributed by atoms with Crippen molar-refractivity contribution >= 4 is 11.6 Å². The first-order valence-corrected chi connectivity index (χ1v) is 14.0. The van der Waals surface area contributed by atoms with E-state index >= 15 is 0 Å². The Morgan fingerprint density at radius 3 is 2.41 bits per heavy atom. The SMILES string of the molecule is CCCCc1cc(F)cc([C@H](C)NC(=O)c2ccc3c(c2)N(CC(C)C)C(C)C3Cc2cc(O)cc(F)c2)c1. The minimum Gasteiger partial charge on any atom is -0.508 e. The zero-order valence-electron chi connectivity index (χ0n) is 23.6. The predicted molar refractivity (Wildman–Crippen MR) is 153 cm³/mol. The highest BCUT2D eigenvalue weighted by Gasteiger charge is 2.36. The highest BCUT2D eigenvalue weighted by atomic mass is 19.1. The number of amides is 1. The van der Waals surface area contributed by atoms with Gasteiger partial charge in [0.15, 0.2) is 0 Å². The number of anilines is 1. The van der Waals surface area contributed by atoms with Crippen LogP contribution in [0.25, 0.3) is 0 Å². The number of phenols is 1. The summed E-state index contributed by atoms with van der Waals surface area (Å²) in [6.45, 7) is 11.3. The Balaban J connectivity index is 1.58. The number of rotatable bonds is 10. The van der Waals surface area contributed by atoms with Crippen molar-refractivity contribution in [1.29, 1.82) is 0 Å². The zero-order valence-corrected chi connectivity index (χ0v) is 23.6. The van der Waals surface area contributed by atoms with Gasteiger partial charge in [0.1, 0.15) is 17.4 Å².